The summed E-state index contributed by atoms with van der Waals surface area (Å²) in [6, 6.07) is 0. The van der Waals surface area contributed by atoms with E-state index in [2.05, 4.69) is 5.32 Å². The van der Waals surface area contributed by atoms with Crippen LogP contribution in [0.5, 0.6) is 0 Å². The molecule has 0 bridgehead atoms. The second-order valence-electron chi connectivity index (χ2n) is 2.88. The Morgan fingerprint density at radius 3 is 2.82 bits per heavy atom. The Bertz CT molecular complexity index is 191. The van der Waals surface area contributed by atoms with Gasteiger partial charge >= 0.3 is 0 Å². The van der Waals surface area contributed by atoms with Gasteiger partial charge in [-0.25, -0.2) is 0 Å². The first-order chi connectivity index (χ1) is 5.13. The highest BCUT2D eigenvalue weighted by Gasteiger charge is 2.32. The number of hydrogen-bond donors (Lipinski definition) is 2. The first kappa shape index (κ1) is 8.04. The summed E-state index contributed by atoms with van der Waals surface area (Å²) >= 11 is 0. The maximum Gasteiger partial charge on any atom is 0.223 e. The van der Waals surface area contributed by atoms with Gasteiger partial charge in [-0.3, -0.25) is 9.59 Å². The summed E-state index contributed by atoms with van der Waals surface area (Å²) in [6.45, 7) is 2.36. The van der Waals surface area contributed by atoms with Crippen LogP contribution in [0.1, 0.15) is 13.3 Å². The van der Waals surface area contributed by atoms with Crippen molar-refractivity contribution in [2.24, 2.45) is 17.6 Å². The number of rotatable bonds is 2. The first-order valence-corrected chi connectivity index (χ1v) is 3.70. The fourth-order valence-corrected chi connectivity index (χ4v) is 1.29. The predicted octanol–water partition coefficient (Wildman–Crippen LogP) is -0.756. The molecule has 62 valence electrons. The van der Waals surface area contributed by atoms with Crippen molar-refractivity contribution < 1.29 is 9.59 Å². The monoisotopic (exact) mass is 156 g/mol. The highest BCUT2D eigenvalue weighted by molar-refractivity contribution is 5.87. The zero-order chi connectivity index (χ0) is 8.43. The molecule has 0 aromatic carbocycles. The number of carbonyl (C=O) groups excluding carboxylic acids is 2. The lowest BCUT2D eigenvalue weighted by Crippen LogP contribution is -2.32. The molecular weight excluding hydrogens is 144 g/mol. The molecule has 4 heteroatoms. The molecule has 4 nitrogen and oxygen atoms in total. The Morgan fingerprint density at radius 1 is 1.82 bits per heavy atom. The van der Waals surface area contributed by atoms with Gasteiger partial charge in [0.1, 0.15) is 0 Å². The van der Waals surface area contributed by atoms with Crippen LogP contribution in [-0.4, -0.2) is 18.4 Å². The summed E-state index contributed by atoms with van der Waals surface area (Å²) in [5, 5.41) is 2.66. The molecule has 0 spiro atoms. The molecule has 0 aromatic rings. The summed E-state index contributed by atoms with van der Waals surface area (Å²) in [7, 11) is 0. The third kappa shape index (κ3) is 1.50. The van der Waals surface area contributed by atoms with Gasteiger partial charge in [0.25, 0.3) is 0 Å². The van der Waals surface area contributed by atoms with Crippen molar-refractivity contribution in [2.75, 3.05) is 6.54 Å². The molecule has 1 heterocycles. The van der Waals surface area contributed by atoms with Gasteiger partial charge in [-0.2, -0.15) is 0 Å². The number of nitrogens with two attached hydrogens (primary N) is 1. The minimum absolute atomic E-state index is 0.0451. The quantitative estimate of drug-likeness (QED) is 0.551. The van der Waals surface area contributed by atoms with E-state index in [0.29, 0.717) is 6.54 Å². The van der Waals surface area contributed by atoms with Crippen LogP contribution in [0.25, 0.3) is 0 Å². The van der Waals surface area contributed by atoms with Crippen molar-refractivity contribution in [1.82, 2.24) is 5.32 Å². The smallest absolute Gasteiger partial charge is 0.223 e. The lowest BCUT2D eigenvalue weighted by Gasteiger charge is -2.11. The fourth-order valence-electron chi connectivity index (χ4n) is 1.29. The fraction of sp³-hybridized carbons (Fsp3) is 0.714. The number of nitrogens with one attached hydrogen (secondary N) is 1. The van der Waals surface area contributed by atoms with Crippen LogP contribution in [0.3, 0.4) is 0 Å². The summed E-state index contributed by atoms with van der Waals surface area (Å²) in [4.78, 5) is 21.7. The van der Waals surface area contributed by atoms with Crippen molar-refractivity contribution in [1.29, 1.82) is 0 Å². The zero-order valence-corrected chi connectivity index (χ0v) is 6.46. The summed E-state index contributed by atoms with van der Waals surface area (Å²) in [5.74, 6) is -0.978. The Kier molecular flexibility index (Phi) is 2.12. The zero-order valence-electron chi connectivity index (χ0n) is 6.46. The Balaban J connectivity index is 2.59. The van der Waals surface area contributed by atoms with Gasteiger partial charge in [0.05, 0.1) is 5.92 Å². The van der Waals surface area contributed by atoms with Crippen LogP contribution in [0.2, 0.25) is 0 Å². The van der Waals surface area contributed by atoms with Crippen LogP contribution in [0, 0.1) is 11.8 Å². The van der Waals surface area contributed by atoms with Crippen molar-refractivity contribution in [3.8, 4) is 0 Å². The van der Waals surface area contributed by atoms with E-state index in [0.717, 1.165) is 6.42 Å². The summed E-state index contributed by atoms with van der Waals surface area (Å²) in [5.41, 5.74) is 5.06. The van der Waals surface area contributed by atoms with Crippen LogP contribution < -0.4 is 11.1 Å². The molecule has 3 N–H and O–H groups in total. The van der Waals surface area contributed by atoms with Gasteiger partial charge in [0.15, 0.2) is 0 Å². The molecule has 2 unspecified atom stereocenters. The molecule has 0 saturated carbocycles. The van der Waals surface area contributed by atoms with E-state index < -0.39 is 5.91 Å². The highest BCUT2D eigenvalue weighted by atomic mass is 16.2. The van der Waals surface area contributed by atoms with Crippen molar-refractivity contribution in [3.63, 3.8) is 0 Å². The van der Waals surface area contributed by atoms with Crippen LogP contribution in [0.4, 0.5) is 0 Å². The second-order valence-corrected chi connectivity index (χ2v) is 2.88. The van der Waals surface area contributed by atoms with Crippen molar-refractivity contribution >= 4 is 11.8 Å². The molecule has 1 fully saturated rings. The van der Waals surface area contributed by atoms with E-state index in [4.69, 9.17) is 5.73 Å². The average Bonchev–Trinajstić information content (AvgIpc) is 2.33. The first-order valence-electron chi connectivity index (χ1n) is 3.70. The van der Waals surface area contributed by atoms with Crippen LogP contribution in [-0.2, 0) is 9.59 Å². The molecule has 11 heavy (non-hydrogen) atoms. The molecule has 1 saturated heterocycles. The molecule has 1 aliphatic heterocycles. The van der Waals surface area contributed by atoms with E-state index in [1.54, 1.807) is 6.92 Å². The van der Waals surface area contributed by atoms with Gasteiger partial charge in [0.2, 0.25) is 11.8 Å². The van der Waals surface area contributed by atoms with Gasteiger partial charge in [0, 0.05) is 12.5 Å². The molecule has 2 amide bonds. The maximum absolute atomic E-state index is 11.0. The minimum Gasteiger partial charge on any atom is -0.369 e. The predicted molar refractivity (Wildman–Crippen MR) is 39.5 cm³/mol. The van der Waals surface area contributed by atoms with Crippen molar-refractivity contribution in [3.05, 3.63) is 0 Å². The average molecular weight is 156 g/mol. The minimum atomic E-state index is -0.396. The number of primary amides is 1. The highest BCUT2D eigenvalue weighted by Crippen LogP contribution is 2.18. The van der Waals surface area contributed by atoms with E-state index >= 15 is 0 Å². The number of carbonyl (C=O) groups is 2. The Labute approximate surface area is 65.1 Å². The van der Waals surface area contributed by atoms with Gasteiger partial charge in [-0.1, -0.05) is 6.92 Å². The molecule has 0 aromatic heterocycles. The lowest BCUT2D eigenvalue weighted by atomic mass is 9.92. The number of amides is 2. The molecule has 1 aliphatic rings. The molecule has 2 atom stereocenters. The molecular formula is C7H12N2O2. The third-order valence-electron chi connectivity index (χ3n) is 2.14. The van der Waals surface area contributed by atoms with Gasteiger partial charge in [-0.05, 0) is 6.42 Å². The largest absolute Gasteiger partial charge is 0.369 e. The van der Waals surface area contributed by atoms with E-state index in [9.17, 15) is 9.59 Å². The molecule has 0 aliphatic carbocycles. The topological polar surface area (TPSA) is 72.2 Å². The standard InChI is InChI=1S/C7H12N2O2/c1-4(6(8)10)5-2-3-9-7(5)11/h4-5H,2-3H2,1H3,(H2,8,10)(H,9,11). The van der Waals surface area contributed by atoms with E-state index in [-0.39, 0.29) is 17.7 Å². The molecule has 1 rings (SSSR count). The summed E-state index contributed by atoms with van der Waals surface area (Å²) in [6.07, 6.45) is 0.725. The van der Waals surface area contributed by atoms with Crippen molar-refractivity contribution in [2.45, 2.75) is 13.3 Å². The second kappa shape index (κ2) is 2.90. The maximum atomic E-state index is 11.0. The Morgan fingerprint density at radius 2 is 2.45 bits per heavy atom. The third-order valence-corrected chi connectivity index (χ3v) is 2.14. The Hall–Kier alpha value is -1.06. The molecule has 0 radical (unpaired) electrons. The van der Waals surface area contributed by atoms with Gasteiger partial charge in [-0.15, -0.1) is 0 Å². The normalized spacial score (nSPS) is 26.3. The number of hydrogen-bond acceptors (Lipinski definition) is 2. The lowest BCUT2D eigenvalue weighted by molar-refractivity contribution is -0.130. The van der Waals surface area contributed by atoms with E-state index in [1.807, 2.05) is 0 Å². The van der Waals surface area contributed by atoms with Crippen LogP contribution >= 0.6 is 0 Å². The van der Waals surface area contributed by atoms with E-state index in [1.165, 1.54) is 0 Å². The summed E-state index contributed by atoms with van der Waals surface area (Å²) < 4.78 is 0. The van der Waals surface area contributed by atoms with Crippen LogP contribution in [0.15, 0.2) is 0 Å². The van der Waals surface area contributed by atoms with Gasteiger partial charge < -0.3 is 11.1 Å². The SMILES string of the molecule is CC(C(N)=O)C1CCNC1=O.